The minimum Gasteiger partial charge on any atom is -0.316 e. The second kappa shape index (κ2) is 7.02. The number of hydrogen-bond donors (Lipinski definition) is 1. The predicted octanol–water partition coefficient (Wildman–Crippen LogP) is 2.86. The number of pyridine rings is 1. The molecule has 3 nitrogen and oxygen atoms in total. The zero-order valence-corrected chi connectivity index (χ0v) is 11.7. The van der Waals surface area contributed by atoms with E-state index in [0.717, 1.165) is 18.3 Å². The average molecular weight is 300 g/mol. The molecule has 0 unspecified atom stereocenters. The van der Waals surface area contributed by atoms with Gasteiger partial charge in [-0.3, -0.25) is 9.78 Å². The van der Waals surface area contributed by atoms with Crippen molar-refractivity contribution in [2.24, 2.45) is 5.92 Å². The molecule has 3 rings (SSSR count). The summed E-state index contributed by atoms with van der Waals surface area (Å²) in [5, 5.41) is 3.40. The van der Waals surface area contributed by atoms with Crippen LogP contribution < -0.4 is 5.32 Å². The van der Waals surface area contributed by atoms with E-state index in [-0.39, 0.29) is 0 Å². The number of hydrogen-bond acceptors (Lipinski definition) is 3. The highest BCUT2D eigenvalue weighted by atomic mass is 19.4. The summed E-state index contributed by atoms with van der Waals surface area (Å²) in [4.78, 5) is 13.3. The molecule has 1 N–H and O–H groups in total. The summed E-state index contributed by atoms with van der Waals surface area (Å²) in [7, 11) is 0. The van der Waals surface area contributed by atoms with Gasteiger partial charge in [-0.25, -0.2) is 0 Å². The molecule has 1 atom stereocenters. The van der Waals surface area contributed by atoms with Crippen molar-refractivity contribution in [2.45, 2.75) is 37.8 Å². The first-order valence-electron chi connectivity index (χ1n) is 7.16. The Bertz CT molecular complexity index is 449. The molecule has 6 heteroatoms. The van der Waals surface area contributed by atoms with Crippen LogP contribution in [0.15, 0.2) is 18.3 Å². The molecule has 1 aromatic heterocycles. The van der Waals surface area contributed by atoms with E-state index in [1.165, 1.54) is 43.6 Å². The first-order chi connectivity index (χ1) is 9.98. The number of halogens is 3. The molecule has 2 heterocycles. The highest BCUT2D eigenvalue weighted by Crippen LogP contribution is 2.39. The van der Waals surface area contributed by atoms with Crippen molar-refractivity contribution in [1.82, 2.24) is 10.3 Å². The Labute approximate surface area is 122 Å². The van der Waals surface area contributed by atoms with E-state index in [4.69, 9.17) is 4.79 Å². The van der Waals surface area contributed by atoms with Crippen LogP contribution in [0.3, 0.4) is 0 Å². The summed E-state index contributed by atoms with van der Waals surface area (Å²) in [5.74, 6) is 1.64. The minimum absolute atomic E-state index is 0.810. The lowest BCUT2D eigenvalue weighted by molar-refractivity contribution is -0.156. The van der Waals surface area contributed by atoms with Crippen LogP contribution in [-0.4, -0.2) is 30.5 Å². The van der Waals surface area contributed by atoms with Gasteiger partial charge < -0.3 is 5.32 Å². The molecule has 1 saturated heterocycles. The van der Waals surface area contributed by atoms with Gasteiger partial charge >= 0.3 is 6.18 Å². The third-order valence-corrected chi connectivity index (χ3v) is 3.69. The number of rotatable bonds is 3. The summed E-state index contributed by atoms with van der Waals surface area (Å²) in [6.07, 6.45) is 1.59. The van der Waals surface area contributed by atoms with Crippen molar-refractivity contribution in [2.75, 3.05) is 13.1 Å². The van der Waals surface area contributed by atoms with Gasteiger partial charge in [0.05, 0.1) is 0 Å². The molecule has 0 radical (unpaired) electrons. The number of carbonyl (C=O) groups excluding carboxylic acids is 1. The van der Waals surface area contributed by atoms with Crippen molar-refractivity contribution in [3.63, 3.8) is 0 Å². The van der Waals surface area contributed by atoms with E-state index < -0.39 is 12.5 Å². The average Bonchev–Trinajstić information content (AvgIpc) is 3.18. The van der Waals surface area contributed by atoms with Gasteiger partial charge in [0.25, 0.3) is 0 Å². The zero-order valence-electron chi connectivity index (χ0n) is 11.7. The molecule has 1 aromatic rings. The summed E-state index contributed by atoms with van der Waals surface area (Å²) < 4.78 is 31.2. The first-order valence-corrected chi connectivity index (χ1v) is 7.16. The van der Waals surface area contributed by atoms with Crippen LogP contribution in [-0.2, 0) is 11.2 Å². The van der Waals surface area contributed by atoms with Gasteiger partial charge in [0.1, 0.15) is 0 Å². The van der Waals surface area contributed by atoms with Gasteiger partial charge in [0.15, 0.2) is 0 Å². The first kappa shape index (κ1) is 15.9. The lowest BCUT2D eigenvalue weighted by Crippen LogP contribution is -2.11. The summed E-state index contributed by atoms with van der Waals surface area (Å²) >= 11 is 0. The summed E-state index contributed by atoms with van der Waals surface area (Å²) in [6, 6.07) is 4.51. The van der Waals surface area contributed by atoms with Gasteiger partial charge in [0, 0.05) is 11.9 Å². The Morgan fingerprint density at radius 1 is 1.29 bits per heavy atom. The largest absolute Gasteiger partial charge is 0.446 e. The SMILES string of the molecule is O=CC(F)(F)F.c1cc(C[C@@H]2CCNC2)ncc1C1CC1. The van der Waals surface area contributed by atoms with Crippen LogP contribution in [0.5, 0.6) is 0 Å². The molecule has 21 heavy (non-hydrogen) atoms. The van der Waals surface area contributed by atoms with Crippen LogP contribution in [0.4, 0.5) is 13.2 Å². The summed E-state index contributed by atoms with van der Waals surface area (Å²) in [5.41, 5.74) is 2.72. The topological polar surface area (TPSA) is 42.0 Å². The fourth-order valence-corrected chi connectivity index (χ4v) is 2.40. The molecule has 2 aliphatic rings. The molecule has 0 amide bonds. The second-order valence-corrected chi connectivity index (χ2v) is 5.58. The lowest BCUT2D eigenvalue weighted by atomic mass is 10.0. The maximum Gasteiger partial charge on any atom is 0.446 e. The lowest BCUT2D eigenvalue weighted by Gasteiger charge is -2.07. The molecule has 116 valence electrons. The standard InChI is InChI=1S/C13H18N2.C2HF3O/c1-2-11(1)12-3-4-13(15-9-12)7-10-5-6-14-8-10;3-2(4,5)1-6/h3-4,9-11,14H,1-2,5-8H2;1H/t10-;/m0./s1. The van der Waals surface area contributed by atoms with Crippen molar-refractivity contribution in [3.05, 3.63) is 29.6 Å². The van der Waals surface area contributed by atoms with E-state index in [1.807, 2.05) is 0 Å². The molecule has 0 aromatic carbocycles. The fraction of sp³-hybridized carbons (Fsp3) is 0.600. The second-order valence-electron chi connectivity index (χ2n) is 5.58. The Hall–Kier alpha value is -1.43. The molecule has 1 aliphatic carbocycles. The van der Waals surface area contributed by atoms with Crippen LogP contribution in [0.1, 0.15) is 36.4 Å². The fourth-order valence-electron chi connectivity index (χ4n) is 2.40. The number of carbonyl (C=O) groups is 1. The molecule has 1 saturated carbocycles. The number of nitrogens with zero attached hydrogens (tertiary/aromatic N) is 1. The van der Waals surface area contributed by atoms with E-state index >= 15 is 0 Å². The number of nitrogens with one attached hydrogen (secondary N) is 1. The van der Waals surface area contributed by atoms with E-state index in [2.05, 4.69) is 28.6 Å². The van der Waals surface area contributed by atoms with Gasteiger partial charge in [-0.05, 0) is 62.2 Å². The van der Waals surface area contributed by atoms with Crippen LogP contribution in [0.25, 0.3) is 0 Å². The van der Waals surface area contributed by atoms with Gasteiger partial charge in [-0.15, -0.1) is 0 Å². The number of aldehydes is 1. The maximum absolute atomic E-state index is 10.4. The monoisotopic (exact) mass is 300 g/mol. The number of aromatic nitrogens is 1. The van der Waals surface area contributed by atoms with Crippen molar-refractivity contribution in [1.29, 1.82) is 0 Å². The smallest absolute Gasteiger partial charge is 0.316 e. The van der Waals surface area contributed by atoms with E-state index in [9.17, 15) is 13.2 Å². The highest BCUT2D eigenvalue weighted by Gasteiger charge is 2.25. The van der Waals surface area contributed by atoms with Crippen LogP contribution in [0, 0.1) is 5.92 Å². The Balaban J connectivity index is 0.000000232. The van der Waals surface area contributed by atoms with Crippen LogP contribution in [0.2, 0.25) is 0 Å². The summed E-state index contributed by atoms with van der Waals surface area (Å²) in [6.45, 7) is 2.36. The quantitative estimate of drug-likeness (QED) is 0.873. The highest BCUT2D eigenvalue weighted by molar-refractivity contribution is 5.56. The van der Waals surface area contributed by atoms with E-state index in [0.29, 0.717) is 0 Å². The van der Waals surface area contributed by atoms with Crippen LogP contribution >= 0.6 is 0 Å². The van der Waals surface area contributed by atoms with Crippen molar-refractivity contribution < 1.29 is 18.0 Å². The van der Waals surface area contributed by atoms with Crippen molar-refractivity contribution in [3.8, 4) is 0 Å². The Kier molecular flexibility index (Phi) is 5.33. The number of alkyl halides is 3. The molecule has 0 spiro atoms. The molecule has 1 aliphatic heterocycles. The third kappa shape index (κ3) is 5.83. The maximum atomic E-state index is 10.4. The molecular formula is C15H19F3N2O. The Morgan fingerprint density at radius 3 is 2.43 bits per heavy atom. The molecular weight excluding hydrogens is 281 g/mol. The third-order valence-electron chi connectivity index (χ3n) is 3.69. The Morgan fingerprint density at radius 2 is 2.00 bits per heavy atom. The molecule has 2 fully saturated rings. The zero-order chi connectivity index (χ0) is 15.3. The van der Waals surface area contributed by atoms with Gasteiger partial charge in [-0.1, -0.05) is 6.07 Å². The molecule has 0 bridgehead atoms. The van der Waals surface area contributed by atoms with Crippen molar-refractivity contribution >= 4 is 6.29 Å². The van der Waals surface area contributed by atoms with E-state index in [1.54, 1.807) is 0 Å². The van der Waals surface area contributed by atoms with Gasteiger partial charge in [0.2, 0.25) is 6.29 Å². The predicted molar refractivity (Wildman–Crippen MR) is 73.0 cm³/mol. The van der Waals surface area contributed by atoms with Gasteiger partial charge in [-0.2, -0.15) is 13.2 Å². The normalized spacial score (nSPS) is 21.6. The minimum atomic E-state index is -4.64.